The number of nitrogens with zero attached hydrogens (tertiary/aromatic N) is 3. The number of carbonyl (C=O) groups is 1. The zero-order valence-corrected chi connectivity index (χ0v) is 21.8. The number of benzene rings is 2. The smallest absolute Gasteiger partial charge is 0.408 e. The fourth-order valence-corrected chi connectivity index (χ4v) is 4.53. The van der Waals surface area contributed by atoms with Gasteiger partial charge in [-0.3, -0.25) is 0 Å². The number of halogens is 7. The van der Waals surface area contributed by atoms with Gasteiger partial charge in [-0.2, -0.15) is 26.3 Å². The first-order valence-electron chi connectivity index (χ1n) is 12.1. The maximum absolute atomic E-state index is 13.2. The third kappa shape index (κ3) is 6.97. The molecule has 2 aromatic carbocycles. The minimum Gasteiger partial charge on any atom is -0.408 e. The summed E-state index contributed by atoms with van der Waals surface area (Å²) in [6.45, 7) is 0.513. The number of piperidine rings is 1. The topological polar surface area (TPSA) is 65.9 Å². The first-order chi connectivity index (χ1) is 18.7. The number of rotatable bonds is 5. The molecule has 40 heavy (non-hydrogen) atoms. The molecule has 6 nitrogen and oxygen atoms in total. The van der Waals surface area contributed by atoms with Crippen LogP contribution in [0.2, 0.25) is 5.02 Å². The zero-order valence-electron chi connectivity index (χ0n) is 21.1. The van der Waals surface area contributed by atoms with Crippen LogP contribution in [0.3, 0.4) is 0 Å². The number of alkyl halides is 6. The van der Waals surface area contributed by atoms with Crippen molar-refractivity contribution < 1.29 is 41.0 Å². The Morgan fingerprint density at radius 3 is 2.20 bits per heavy atom. The van der Waals surface area contributed by atoms with Gasteiger partial charge < -0.3 is 19.6 Å². The van der Waals surface area contributed by atoms with E-state index in [1.165, 1.54) is 13.2 Å². The van der Waals surface area contributed by atoms with Crippen LogP contribution in [0.15, 0.2) is 54.7 Å². The summed E-state index contributed by atoms with van der Waals surface area (Å²) in [6, 6.07) is 9.57. The molecule has 214 valence electrons. The van der Waals surface area contributed by atoms with Crippen molar-refractivity contribution in [3.63, 3.8) is 0 Å². The molecule has 2 heterocycles. The van der Waals surface area contributed by atoms with E-state index in [0.29, 0.717) is 60.0 Å². The van der Waals surface area contributed by atoms with Gasteiger partial charge in [0.1, 0.15) is 5.82 Å². The molecule has 0 aliphatic carbocycles. The zero-order chi connectivity index (χ0) is 29.2. The van der Waals surface area contributed by atoms with Crippen LogP contribution in [0.1, 0.15) is 29.5 Å². The molecule has 1 aliphatic heterocycles. The van der Waals surface area contributed by atoms with Crippen LogP contribution in [-0.4, -0.2) is 47.3 Å². The number of aliphatic hydroxyl groups is 1. The van der Waals surface area contributed by atoms with Gasteiger partial charge in [0, 0.05) is 42.8 Å². The first-order valence-corrected chi connectivity index (χ1v) is 12.5. The molecule has 0 bridgehead atoms. The van der Waals surface area contributed by atoms with Crippen molar-refractivity contribution in [2.75, 3.05) is 25.0 Å². The van der Waals surface area contributed by atoms with Gasteiger partial charge in [0.05, 0.1) is 23.4 Å². The quantitative estimate of drug-likeness (QED) is 0.325. The molecule has 4 rings (SSSR count). The number of aromatic nitrogens is 1. The van der Waals surface area contributed by atoms with E-state index in [2.05, 4.69) is 4.98 Å². The summed E-state index contributed by atoms with van der Waals surface area (Å²) >= 11 is 6.40. The van der Waals surface area contributed by atoms with Crippen molar-refractivity contribution in [1.82, 2.24) is 9.88 Å². The Balaban J connectivity index is 1.61. The van der Waals surface area contributed by atoms with Gasteiger partial charge in [-0.1, -0.05) is 29.8 Å². The summed E-state index contributed by atoms with van der Waals surface area (Å²) in [5.74, 6) is 0.546. The maximum atomic E-state index is 13.2. The molecule has 0 atom stereocenters. The van der Waals surface area contributed by atoms with Crippen molar-refractivity contribution in [2.24, 2.45) is 0 Å². The van der Waals surface area contributed by atoms with Crippen molar-refractivity contribution in [1.29, 1.82) is 0 Å². The Hall–Kier alpha value is -3.51. The third-order valence-electron chi connectivity index (χ3n) is 6.38. The molecule has 1 amide bonds. The molecule has 1 aliphatic rings. The number of pyridine rings is 1. The number of hydrogen-bond acceptors (Lipinski definition) is 5. The van der Waals surface area contributed by atoms with Gasteiger partial charge in [-0.05, 0) is 48.7 Å². The van der Waals surface area contributed by atoms with Crippen LogP contribution in [0.4, 0.5) is 37.0 Å². The van der Waals surface area contributed by atoms with Crippen LogP contribution in [0, 0.1) is 0 Å². The molecule has 1 fully saturated rings. The highest BCUT2D eigenvalue weighted by molar-refractivity contribution is 6.33. The molecular weight excluding hydrogens is 564 g/mol. The standard InChI is InChI=1S/C27H24ClF6N3O3/c1-36(15-16-10-17(26(29,30)31)12-18(11-16)27(32,33)34)25(39)40-23-14-35-24(37-8-6-19(38)7-9-37)13-21(23)20-4-2-3-5-22(20)28/h2-5,10-14,19,38H,6-9,15H2,1H3. The van der Waals surface area contributed by atoms with Gasteiger partial charge in [0.2, 0.25) is 0 Å². The molecule has 0 unspecified atom stereocenters. The van der Waals surface area contributed by atoms with E-state index < -0.39 is 42.2 Å². The second-order valence-electron chi connectivity index (χ2n) is 9.37. The molecule has 0 spiro atoms. The van der Waals surface area contributed by atoms with Crippen molar-refractivity contribution >= 4 is 23.5 Å². The third-order valence-corrected chi connectivity index (χ3v) is 6.71. The highest BCUT2D eigenvalue weighted by Crippen LogP contribution is 2.38. The number of aliphatic hydroxyl groups excluding tert-OH is 1. The van der Waals surface area contributed by atoms with E-state index in [0.717, 1.165) is 4.90 Å². The highest BCUT2D eigenvalue weighted by Gasteiger charge is 2.37. The predicted molar refractivity (Wildman–Crippen MR) is 136 cm³/mol. The summed E-state index contributed by atoms with van der Waals surface area (Å²) in [5, 5.41) is 10.2. The first kappa shape index (κ1) is 29.5. The number of carbonyl (C=O) groups excluding carboxylic acids is 1. The minimum absolute atomic E-state index is 0.00855. The fourth-order valence-electron chi connectivity index (χ4n) is 4.29. The van der Waals surface area contributed by atoms with Gasteiger partial charge >= 0.3 is 18.4 Å². The van der Waals surface area contributed by atoms with Gasteiger partial charge in [0.15, 0.2) is 5.75 Å². The van der Waals surface area contributed by atoms with Gasteiger partial charge in [-0.25, -0.2) is 9.78 Å². The maximum Gasteiger partial charge on any atom is 0.416 e. The Morgan fingerprint density at radius 1 is 1.02 bits per heavy atom. The van der Waals surface area contributed by atoms with Gasteiger partial charge in [0.25, 0.3) is 0 Å². The van der Waals surface area contributed by atoms with Crippen LogP contribution < -0.4 is 9.64 Å². The molecule has 13 heteroatoms. The molecule has 3 aromatic rings. The summed E-state index contributed by atoms with van der Waals surface area (Å²) in [5.41, 5.74) is -2.42. The van der Waals surface area contributed by atoms with E-state index in [-0.39, 0.29) is 17.4 Å². The molecule has 0 saturated carbocycles. The summed E-state index contributed by atoms with van der Waals surface area (Å²) < 4.78 is 84.9. The van der Waals surface area contributed by atoms with E-state index in [1.807, 2.05) is 4.90 Å². The summed E-state index contributed by atoms with van der Waals surface area (Å²) in [7, 11) is 1.19. The fraction of sp³-hybridized carbons (Fsp3) is 0.333. The highest BCUT2D eigenvalue weighted by atomic mass is 35.5. The minimum atomic E-state index is -5.02. The monoisotopic (exact) mass is 587 g/mol. The number of amides is 1. The van der Waals surface area contributed by atoms with E-state index in [1.54, 1.807) is 30.3 Å². The Labute approximate surface area is 230 Å². The lowest BCUT2D eigenvalue weighted by Gasteiger charge is -2.31. The lowest BCUT2D eigenvalue weighted by molar-refractivity contribution is -0.143. The van der Waals surface area contributed by atoms with E-state index in [4.69, 9.17) is 16.3 Å². The normalized spacial score (nSPS) is 14.8. The largest absolute Gasteiger partial charge is 0.416 e. The molecule has 1 saturated heterocycles. The summed E-state index contributed by atoms with van der Waals surface area (Å²) in [4.78, 5) is 20.1. The van der Waals surface area contributed by atoms with Crippen molar-refractivity contribution in [2.45, 2.75) is 37.8 Å². The Kier molecular flexibility index (Phi) is 8.50. The number of ether oxygens (including phenoxy) is 1. The second kappa shape index (κ2) is 11.5. The lowest BCUT2D eigenvalue weighted by Crippen LogP contribution is -2.36. The van der Waals surface area contributed by atoms with E-state index in [9.17, 15) is 36.2 Å². The van der Waals surface area contributed by atoms with Crippen molar-refractivity contribution in [3.05, 3.63) is 76.4 Å². The van der Waals surface area contributed by atoms with Crippen LogP contribution in [0.25, 0.3) is 11.1 Å². The van der Waals surface area contributed by atoms with Crippen LogP contribution >= 0.6 is 11.6 Å². The second-order valence-corrected chi connectivity index (χ2v) is 9.78. The molecular formula is C27H24ClF6N3O3. The summed E-state index contributed by atoms with van der Waals surface area (Å²) in [6.07, 6.45) is -9.06. The SMILES string of the molecule is CN(Cc1cc(C(F)(F)F)cc(C(F)(F)F)c1)C(=O)Oc1cnc(N2CCC(O)CC2)cc1-c1ccccc1Cl. The molecule has 1 N–H and O–H groups in total. The molecule has 0 radical (unpaired) electrons. The predicted octanol–water partition coefficient (Wildman–Crippen LogP) is 7.03. The molecule has 1 aromatic heterocycles. The Bertz CT molecular complexity index is 1340. The lowest BCUT2D eigenvalue weighted by atomic mass is 10.0. The average molecular weight is 588 g/mol. The van der Waals surface area contributed by atoms with E-state index >= 15 is 0 Å². The number of hydrogen-bond donors (Lipinski definition) is 1. The van der Waals surface area contributed by atoms with Crippen molar-refractivity contribution in [3.8, 4) is 16.9 Å². The van der Waals surface area contributed by atoms with Crippen LogP contribution in [0.5, 0.6) is 5.75 Å². The van der Waals surface area contributed by atoms with Crippen LogP contribution in [-0.2, 0) is 18.9 Å². The average Bonchev–Trinajstić information content (AvgIpc) is 2.88. The Morgan fingerprint density at radius 2 is 1.62 bits per heavy atom. The van der Waals surface area contributed by atoms with Gasteiger partial charge in [-0.15, -0.1) is 0 Å². The number of anilines is 1.